The molecule has 9 heteroatoms. The molecule has 30 heavy (non-hydrogen) atoms. The molecule has 2 aromatic heterocycles. The second-order valence-electron chi connectivity index (χ2n) is 7.01. The number of pyridine rings is 1. The third-order valence-electron chi connectivity index (χ3n) is 4.85. The average molecular weight is 409 g/mol. The largest absolute Gasteiger partial charge is 0.484 e. The predicted octanol–water partition coefficient (Wildman–Crippen LogP) is 2.01. The van der Waals surface area contributed by atoms with Crippen LogP contribution in [0.5, 0.6) is 5.75 Å². The summed E-state index contributed by atoms with van der Waals surface area (Å²) in [4.78, 5) is 31.1. The van der Waals surface area contributed by atoms with Crippen molar-refractivity contribution in [3.8, 4) is 5.75 Å². The Morgan fingerprint density at radius 1 is 1.23 bits per heavy atom. The molecule has 2 amide bonds. The van der Waals surface area contributed by atoms with E-state index in [1.54, 1.807) is 32.3 Å². The zero-order valence-corrected chi connectivity index (χ0v) is 16.4. The fourth-order valence-corrected chi connectivity index (χ4v) is 3.30. The third kappa shape index (κ3) is 3.73. The molecular weight excluding hydrogens is 389 g/mol. The summed E-state index contributed by atoms with van der Waals surface area (Å²) in [5.74, 6) is -1.20. The van der Waals surface area contributed by atoms with Gasteiger partial charge in [-0.2, -0.15) is 5.10 Å². The Hall–Kier alpha value is -3.75. The van der Waals surface area contributed by atoms with Crippen molar-refractivity contribution in [2.24, 2.45) is 0 Å². The van der Waals surface area contributed by atoms with Crippen molar-refractivity contribution in [2.75, 3.05) is 11.9 Å². The van der Waals surface area contributed by atoms with Crippen LogP contribution in [0.15, 0.2) is 54.9 Å². The number of halogens is 1. The zero-order valence-electron chi connectivity index (χ0n) is 16.4. The van der Waals surface area contributed by atoms with Crippen LogP contribution in [0.1, 0.15) is 23.0 Å². The Morgan fingerprint density at radius 3 is 2.77 bits per heavy atom. The number of hydrogen-bond acceptors (Lipinski definition) is 5. The molecular formula is C21H20FN5O3. The zero-order chi connectivity index (χ0) is 21.3. The average Bonchev–Trinajstić information content (AvgIpc) is 3.08. The maximum Gasteiger partial charge on any atom is 0.275 e. The number of carbonyl (C=O) groups excluding carboxylic acids is 2. The lowest BCUT2D eigenvalue weighted by Crippen LogP contribution is -2.53. The molecule has 0 aliphatic carbocycles. The van der Waals surface area contributed by atoms with Crippen LogP contribution >= 0.6 is 0 Å². The summed E-state index contributed by atoms with van der Waals surface area (Å²) in [6.45, 7) is 1.97. The summed E-state index contributed by atoms with van der Waals surface area (Å²) in [6.07, 6.45) is 2.01. The molecule has 1 aliphatic heterocycles. The highest BCUT2D eigenvalue weighted by molar-refractivity contribution is 6.02. The molecule has 154 valence electrons. The highest BCUT2D eigenvalue weighted by Gasteiger charge is 2.37. The van der Waals surface area contributed by atoms with E-state index >= 15 is 0 Å². The first kappa shape index (κ1) is 19.6. The van der Waals surface area contributed by atoms with E-state index in [2.05, 4.69) is 15.4 Å². The topological polar surface area (TPSA) is 89.3 Å². The summed E-state index contributed by atoms with van der Waals surface area (Å²) in [5, 5.41) is 6.61. The van der Waals surface area contributed by atoms with Gasteiger partial charge in [-0.3, -0.25) is 19.2 Å². The van der Waals surface area contributed by atoms with Crippen molar-refractivity contribution in [3.05, 3.63) is 71.9 Å². The van der Waals surface area contributed by atoms with E-state index in [-0.39, 0.29) is 5.69 Å². The van der Waals surface area contributed by atoms with Gasteiger partial charge in [0.25, 0.3) is 11.8 Å². The molecule has 0 radical (unpaired) electrons. The maximum atomic E-state index is 14.4. The van der Waals surface area contributed by atoms with Gasteiger partial charge in [-0.1, -0.05) is 30.3 Å². The molecule has 1 aliphatic rings. The Balaban J connectivity index is 1.53. The van der Waals surface area contributed by atoms with Crippen molar-refractivity contribution in [1.29, 1.82) is 0 Å². The van der Waals surface area contributed by atoms with Crippen LogP contribution in [0, 0.1) is 5.82 Å². The van der Waals surface area contributed by atoms with Crippen molar-refractivity contribution in [1.82, 2.24) is 20.1 Å². The molecule has 0 saturated carbocycles. The molecule has 2 atom stereocenters. The molecule has 1 aromatic carbocycles. The molecule has 0 saturated heterocycles. The number of rotatable bonds is 4. The van der Waals surface area contributed by atoms with Crippen LogP contribution in [0.3, 0.4) is 0 Å². The SMILES string of the molecule is C[C@H]1Oc2cccnc2N(C)C(=O)[C@H]1NC(=O)c1nn(Cc2ccccc2)cc1F. The Kier molecular flexibility index (Phi) is 5.18. The number of aromatic nitrogens is 3. The first-order valence-corrected chi connectivity index (χ1v) is 9.41. The van der Waals surface area contributed by atoms with Gasteiger partial charge in [0.2, 0.25) is 0 Å². The molecule has 1 N–H and O–H groups in total. The van der Waals surface area contributed by atoms with Gasteiger partial charge in [0.1, 0.15) is 12.1 Å². The van der Waals surface area contributed by atoms with Crippen molar-refractivity contribution in [2.45, 2.75) is 25.6 Å². The molecule has 3 aromatic rings. The quantitative estimate of drug-likeness (QED) is 0.712. The number of nitrogens with one attached hydrogen (secondary N) is 1. The summed E-state index contributed by atoms with van der Waals surface area (Å²) in [5.41, 5.74) is 0.535. The molecule has 0 fully saturated rings. The second kappa shape index (κ2) is 7.94. The van der Waals surface area contributed by atoms with Gasteiger partial charge in [-0.05, 0) is 24.6 Å². The van der Waals surface area contributed by atoms with E-state index in [1.807, 2.05) is 30.3 Å². The Bertz CT molecular complexity index is 1090. The minimum Gasteiger partial charge on any atom is -0.484 e. The number of hydrogen-bond donors (Lipinski definition) is 1. The second-order valence-corrected chi connectivity index (χ2v) is 7.01. The van der Waals surface area contributed by atoms with E-state index in [0.29, 0.717) is 18.1 Å². The van der Waals surface area contributed by atoms with Gasteiger partial charge in [0, 0.05) is 13.2 Å². The summed E-state index contributed by atoms with van der Waals surface area (Å²) in [7, 11) is 1.55. The highest BCUT2D eigenvalue weighted by Crippen LogP contribution is 2.29. The van der Waals surface area contributed by atoms with Gasteiger partial charge in [-0.25, -0.2) is 9.37 Å². The number of benzene rings is 1. The van der Waals surface area contributed by atoms with Crippen LogP contribution in [-0.4, -0.2) is 45.8 Å². The van der Waals surface area contributed by atoms with E-state index in [1.165, 1.54) is 9.58 Å². The van der Waals surface area contributed by atoms with Crippen LogP contribution in [0.25, 0.3) is 0 Å². The minimum atomic E-state index is -1.03. The summed E-state index contributed by atoms with van der Waals surface area (Å²) < 4.78 is 21.6. The van der Waals surface area contributed by atoms with Crippen molar-refractivity contribution < 1.29 is 18.7 Å². The molecule has 0 unspecified atom stereocenters. The number of nitrogens with zero attached hydrogens (tertiary/aromatic N) is 4. The van der Waals surface area contributed by atoms with Crippen LogP contribution in [0.2, 0.25) is 0 Å². The smallest absolute Gasteiger partial charge is 0.275 e. The number of likely N-dealkylation sites (N-methyl/N-ethyl adjacent to an activating group) is 1. The number of carbonyl (C=O) groups is 2. The van der Waals surface area contributed by atoms with Crippen molar-refractivity contribution >= 4 is 17.6 Å². The fraction of sp³-hybridized carbons (Fsp3) is 0.238. The first-order valence-electron chi connectivity index (χ1n) is 9.41. The van der Waals surface area contributed by atoms with Crippen molar-refractivity contribution in [3.63, 3.8) is 0 Å². The highest BCUT2D eigenvalue weighted by atomic mass is 19.1. The maximum absolute atomic E-state index is 14.4. The van der Waals surface area contributed by atoms with E-state index in [4.69, 9.17) is 4.74 Å². The third-order valence-corrected chi connectivity index (χ3v) is 4.85. The van der Waals surface area contributed by atoms with Gasteiger partial charge in [0.05, 0.1) is 12.7 Å². The molecule has 4 rings (SSSR count). The molecule has 0 spiro atoms. The summed E-state index contributed by atoms with van der Waals surface area (Å²) >= 11 is 0. The lowest BCUT2D eigenvalue weighted by molar-refractivity contribution is -0.121. The van der Waals surface area contributed by atoms with Gasteiger partial charge in [-0.15, -0.1) is 0 Å². The van der Waals surface area contributed by atoms with Crippen LogP contribution < -0.4 is 15.0 Å². The van der Waals surface area contributed by atoms with Crippen LogP contribution in [0.4, 0.5) is 10.2 Å². The van der Waals surface area contributed by atoms with Gasteiger partial charge < -0.3 is 10.1 Å². The Morgan fingerprint density at radius 2 is 2.00 bits per heavy atom. The summed E-state index contributed by atoms with van der Waals surface area (Å²) in [6, 6.07) is 11.7. The minimum absolute atomic E-state index is 0.316. The van der Waals surface area contributed by atoms with Gasteiger partial charge in [0.15, 0.2) is 23.1 Å². The van der Waals surface area contributed by atoms with E-state index in [9.17, 15) is 14.0 Å². The first-order chi connectivity index (χ1) is 14.4. The predicted molar refractivity (Wildman–Crippen MR) is 107 cm³/mol. The molecule has 0 bridgehead atoms. The Labute approximate surface area is 172 Å². The van der Waals surface area contributed by atoms with E-state index < -0.39 is 29.8 Å². The number of fused-ring (bicyclic) bond motifs is 1. The standard InChI is InChI=1S/C21H20FN5O3/c1-13-17(21(29)26(2)19-16(30-13)9-6-10-23-19)24-20(28)18-15(22)12-27(25-18)11-14-7-4-3-5-8-14/h3-10,12-13,17H,11H2,1-2H3,(H,24,28)/t13-,17+/m1/s1. The van der Waals surface area contributed by atoms with Crippen LogP contribution in [-0.2, 0) is 11.3 Å². The fourth-order valence-electron chi connectivity index (χ4n) is 3.30. The number of anilines is 1. The number of amides is 2. The normalized spacial score (nSPS) is 18.4. The van der Waals surface area contributed by atoms with Gasteiger partial charge >= 0.3 is 0 Å². The lowest BCUT2D eigenvalue weighted by atomic mass is 10.1. The molecule has 3 heterocycles. The van der Waals surface area contributed by atoms with E-state index in [0.717, 1.165) is 11.8 Å². The lowest BCUT2D eigenvalue weighted by Gasteiger charge is -2.23. The monoisotopic (exact) mass is 409 g/mol. The molecule has 8 nitrogen and oxygen atoms in total. The number of ether oxygens (including phenoxy) is 1.